The fraction of sp³-hybridized carbons (Fsp3) is 0.500. The minimum Gasteiger partial charge on any atom is -0.397 e. The number of rotatable bonds is 0. The average molecular weight is 177 g/mol. The maximum atomic E-state index is 7.57. The average Bonchev–Trinajstić information content (AvgIpc) is 0.918. The molecule has 0 fully saturated rings. The topological polar surface area (TPSA) is 20.2 Å². The van der Waals surface area contributed by atoms with Gasteiger partial charge in [0.25, 0.3) is 0 Å². The van der Waals surface area contributed by atoms with Crippen LogP contribution in [0, 0.1) is 14.9 Å². The van der Waals surface area contributed by atoms with Gasteiger partial charge in [0.15, 0.2) is 0 Å². The molecule has 1 nitrogen and oxygen atoms in total. The van der Waals surface area contributed by atoms with Gasteiger partial charge in [-0.15, -0.1) is 0 Å². The smallest absolute Gasteiger partial charge is 0.397 e. The van der Waals surface area contributed by atoms with Gasteiger partial charge in [0.2, 0.25) is 0 Å². The molecule has 0 aromatic carbocycles. The maximum Gasteiger partial charge on any atom is 2.00 e. The summed E-state index contributed by atoms with van der Waals surface area (Å²) < 4.78 is 0. The van der Waals surface area contributed by atoms with E-state index >= 15 is 0 Å². The third kappa shape index (κ3) is 173. The molecule has 0 aromatic heterocycles. The molecule has 0 aliphatic heterocycles. The normalized spacial score (nSPS) is 3.00. The van der Waals surface area contributed by atoms with E-state index in [1.807, 2.05) is 0 Å². The van der Waals surface area contributed by atoms with Crippen LogP contribution in [0.4, 0.5) is 0 Å². The maximum absolute atomic E-state index is 7.57. The number of hydrogen-bond acceptors (Lipinski definition) is 1. The van der Waals surface area contributed by atoms with Gasteiger partial charge in [0.05, 0.1) is 0 Å². The number of hydrogen-bond donors (Lipinski definition) is 1. The Balaban J connectivity index is -0.00000000667. The van der Waals surface area contributed by atoms with Gasteiger partial charge in [-0.1, -0.05) is 0 Å². The molecule has 0 saturated heterocycles. The fourth-order valence-electron chi connectivity index (χ4n) is 0. The molecule has 0 aromatic rings. The van der Waals surface area contributed by atoms with Crippen molar-refractivity contribution in [3.05, 3.63) is 14.9 Å². The molecule has 0 rings (SSSR count). The van der Waals surface area contributed by atoms with E-state index < -0.39 is 0 Å². The van der Waals surface area contributed by atoms with Crippen molar-refractivity contribution in [1.82, 2.24) is 0 Å². The zero-order valence-electron chi connectivity index (χ0n) is 4.51. The second kappa shape index (κ2) is 46.8. The molecule has 0 saturated carbocycles. The Kier molecular flexibility index (Phi) is 240. The molecule has 0 radical (unpaired) electrons. The molecular weight excluding hydrogens is 165 g/mol. The van der Waals surface area contributed by atoms with E-state index in [1.54, 1.807) is 6.92 Å². The van der Waals surface area contributed by atoms with E-state index in [0.29, 0.717) is 0 Å². The van der Waals surface area contributed by atoms with Gasteiger partial charge in [-0.2, -0.15) is 0 Å². The third-order valence-electron chi connectivity index (χ3n) is 0. The van der Waals surface area contributed by atoms with Crippen LogP contribution in [-0.4, -0.2) is 11.7 Å². The van der Waals surface area contributed by atoms with Gasteiger partial charge in [0, 0.05) is 6.61 Å². The molecule has 0 spiro atoms. The van der Waals surface area contributed by atoms with Crippen LogP contribution in [0.3, 0.4) is 0 Å². The Morgan fingerprint density at radius 2 is 1.33 bits per heavy atom. The van der Waals surface area contributed by atoms with E-state index in [-0.39, 0.29) is 40.9 Å². The van der Waals surface area contributed by atoms with Crippen LogP contribution >= 0.6 is 0 Å². The Hall–Kier alpha value is 0.583. The predicted molar refractivity (Wildman–Crippen MR) is 25.6 cm³/mol. The first-order valence-corrected chi connectivity index (χ1v) is 1.02. The summed E-state index contributed by atoms with van der Waals surface area (Å²) in [5.41, 5.74) is 0. The molecule has 0 aliphatic rings. The summed E-state index contributed by atoms with van der Waals surface area (Å²) in [6.45, 7) is 1.93. The summed E-state index contributed by atoms with van der Waals surface area (Å²) in [6, 6.07) is 0. The van der Waals surface area contributed by atoms with Crippen molar-refractivity contribution >= 4 is 0 Å². The number of aliphatic hydroxyl groups is 1. The summed E-state index contributed by atoms with van der Waals surface area (Å²) in [7, 11) is 0. The molecular formula is C4H12ORu. The Morgan fingerprint density at radius 1 is 1.33 bits per heavy atom. The summed E-state index contributed by atoms with van der Waals surface area (Å²) in [5.74, 6) is 0. The molecule has 42 valence electrons. The first-order chi connectivity index (χ1) is 1.41. The van der Waals surface area contributed by atoms with Gasteiger partial charge in [-0.25, -0.2) is 0 Å². The summed E-state index contributed by atoms with van der Waals surface area (Å²) in [4.78, 5) is 0. The molecule has 0 heterocycles. The van der Waals surface area contributed by atoms with Crippen molar-refractivity contribution in [2.45, 2.75) is 6.92 Å². The molecule has 0 bridgehead atoms. The minimum absolute atomic E-state index is 0. The standard InChI is InChI=1S/C2H6O.2CH3.Ru/c1-2-3;;;/h3H,2H2,1H3;2*1H3;/q;2*-1;+2. The molecule has 6 heavy (non-hydrogen) atoms. The van der Waals surface area contributed by atoms with Crippen LogP contribution in [-0.2, 0) is 19.5 Å². The Morgan fingerprint density at radius 3 is 1.33 bits per heavy atom. The molecule has 0 amide bonds. The predicted octanol–water partition coefficient (Wildman–Crippen LogP) is 0.897. The number of aliphatic hydroxyl groups excluding tert-OH is 1. The van der Waals surface area contributed by atoms with Crippen molar-refractivity contribution in [3.63, 3.8) is 0 Å². The van der Waals surface area contributed by atoms with Gasteiger partial charge in [0.1, 0.15) is 0 Å². The SMILES string of the molecule is CCO.[CH3-].[CH3-].[Ru+2]. The summed E-state index contributed by atoms with van der Waals surface area (Å²) in [6.07, 6.45) is 0. The Labute approximate surface area is 53.5 Å². The van der Waals surface area contributed by atoms with Crippen LogP contribution in [0.5, 0.6) is 0 Å². The van der Waals surface area contributed by atoms with E-state index in [9.17, 15) is 0 Å². The second-order valence-corrected chi connectivity index (χ2v) is 0.316. The van der Waals surface area contributed by atoms with Gasteiger partial charge >= 0.3 is 19.5 Å². The molecule has 0 unspecified atom stereocenters. The van der Waals surface area contributed by atoms with Crippen molar-refractivity contribution in [2.75, 3.05) is 6.61 Å². The Bertz CT molecular complexity index is 7.51. The first-order valence-electron chi connectivity index (χ1n) is 1.02. The van der Waals surface area contributed by atoms with Crippen molar-refractivity contribution in [3.8, 4) is 0 Å². The summed E-state index contributed by atoms with van der Waals surface area (Å²) >= 11 is 0. The van der Waals surface area contributed by atoms with E-state index in [1.165, 1.54) is 0 Å². The monoisotopic (exact) mass is 178 g/mol. The van der Waals surface area contributed by atoms with Crippen molar-refractivity contribution in [2.24, 2.45) is 0 Å². The molecule has 2 heteroatoms. The van der Waals surface area contributed by atoms with E-state index in [2.05, 4.69) is 0 Å². The zero-order valence-corrected chi connectivity index (χ0v) is 6.25. The third-order valence-corrected chi connectivity index (χ3v) is 0. The van der Waals surface area contributed by atoms with Gasteiger partial charge in [-0.3, -0.25) is 0 Å². The fourth-order valence-corrected chi connectivity index (χ4v) is 0. The van der Waals surface area contributed by atoms with E-state index in [4.69, 9.17) is 5.11 Å². The molecule has 0 atom stereocenters. The van der Waals surface area contributed by atoms with Crippen molar-refractivity contribution < 1.29 is 24.6 Å². The minimum atomic E-state index is 0. The van der Waals surface area contributed by atoms with Crippen LogP contribution < -0.4 is 0 Å². The van der Waals surface area contributed by atoms with Crippen LogP contribution in [0.25, 0.3) is 0 Å². The first kappa shape index (κ1) is 30.8. The largest absolute Gasteiger partial charge is 2.00 e. The second-order valence-electron chi connectivity index (χ2n) is 0.316. The van der Waals surface area contributed by atoms with Gasteiger partial charge < -0.3 is 20.0 Å². The molecule has 0 aliphatic carbocycles. The van der Waals surface area contributed by atoms with E-state index in [0.717, 1.165) is 0 Å². The van der Waals surface area contributed by atoms with Crippen LogP contribution in [0.15, 0.2) is 0 Å². The zero-order chi connectivity index (χ0) is 2.71. The quantitative estimate of drug-likeness (QED) is 0.430. The van der Waals surface area contributed by atoms with Gasteiger partial charge in [-0.05, 0) is 6.92 Å². The van der Waals surface area contributed by atoms with Crippen molar-refractivity contribution in [1.29, 1.82) is 0 Å². The summed E-state index contributed by atoms with van der Waals surface area (Å²) in [5, 5.41) is 7.57. The van der Waals surface area contributed by atoms with Crippen LogP contribution in [0.2, 0.25) is 0 Å². The van der Waals surface area contributed by atoms with Crippen LogP contribution in [0.1, 0.15) is 6.92 Å². The molecule has 1 N–H and O–H groups in total.